The van der Waals surface area contributed by atoms with Gasteiger partial charge in [-0.05, 0) is 32.4 Å². The Kier molecular flexibility index (Phi) is 6.45. The molecule has 2 aliphatic rings. The van der Waals surface area contributed by atoms with Gasteiger partial charge in [-0.2, -0.15) is 0 Å². The van der Waals surface area contributed by atoms with Crippen molar-refractivity contribution in [2.75, 3.05) is 19.8 Å². The number of allylic oxidation sites excluding steroid dienone is 2. The van der Waals surface area contributed by atoms with E-state index in [1.807, 2.05) is 0 Å². The quantitative estimate of drug-likeness (QED) is 0.244. The Morgan fingerprint density at radius 1 is 1.39 bits per heavy atom. The highest BCUT2D eigenvalue weighted by molar-refractivity contribution is 5.95. The summed E-state index contributed by atoms with van der Waals surface area (Å²) in [5.41, 5.74) is 11.7. The zero-order valence-electron chi connectivity index (χ0n) is 18.1. The van der Waals surface area contributed by atoms with Crippen molar-refractivity contribution in [3.8, 4) is 17.2 Å². The smallest absolute Gasteiger partial charge is 0.374 e. The number of aliphatic imine (C=N–C) groups is 1. The second-order valence-electron chi connectivity index (χ2n) is 7.88. The molecule has 31 heavy (non-hydrogen) atoms. The fourth-order valence-electron chi connectivity index (χ4n) is 3.40. The normalized spacial score (nSPS) is 17.0. The van der Waals surface area contributed by atoms with Gasteiger partial charge in [-0.3, -0.25) is 4.99 Å². The van der Waals surface area contributed by atoms with E-state index >= 15 is 0 Å². The number of esters is 1. The van der Waals surface area contributed by atoms with E-state index in [2.05, 4.69) is 11.6 Å². The summed E-state index contributed by atoms with van der Waals surface area (Å²) in [4.78, 5) is 16.1. The summed E-state index contributed by atoms with van der Waals surface area (Å²) in [6.07, 6.45) is 2.11. The number of fused-ring (bicyclic) bond motifs is 2. The molecule has 1 unspecified atom stereocenters. The van der Waals surface area contributed by atoms with Crippen molar-refractivity contribution in [3.05, 3.63) is 35.6 Å². The third-order valence-corrected chi connectivity index (χ3v) is 4.92. The Bertz CT molecular complexity index is 942. The van der Waals surface area contributed by atoms with Crippen LogP contribution in [0.5, 0.6) is 17.2 Å². The average Bonchev–Trinajstić information content (AvgIpc) is 3.11. The lowest BCUT2D eigenvalue weighted by atomic mass is 9.93. The zero-order valence-corrected chi connectivity index (χ0v) is 18.1. The van der Waals surface area contributed by atoms with Crippen LogP contribution in [0.15, 0.2) is 29.5 Å². The van der Waals surface area contributed by atoms with E-state index in [1.54, 1.807) is 26.8 Å². The molecule has 168 valence electrons. The summed E-state index contributed by atoms with van der Waals surface area (Å²) in [5, 5.41) is 10.4. The molecule has 1 atom stereocenters. The second kappa shape index (κ2) is 8.89. The van der Waals surface area contributed by atoms with Crippen molar-refractivity contribution < 1.29 is 28.8 Å². The third-order valence-electron chi connectivity index (χ3n) is 4.92. The fraction of sp³-hybridized carbons (Fsp3) is 0.455. The minimum Gasteiger partial charge on any atom is -0.492 e. The number of rotatable bonds is 8. The maximum absolute atomic E-state index is 12.2. The molecular weight excluding hydrogens is 402 g/mol. The summed E-state index contributed by atoms with van der Waals surface area (Å²) in [6.45, 7) is 10.2. The molecule has 0 aromatic heterocycles. The molecule has 0 radical (unpaired) electrons. The number of hydrogen-bond donors (Lipinski definition) is 3. The van der Waals surface area contributed by atoms with Gasteiger partial charge in [0.15, 0.2) is 5.96 Å². The molecule has 3 rings (SSSR count). The molecule has 0 fully saturated rings. The van der Waals surface area contributed by atoms with Gasteiger partial charge in [0.25, 0.3) is 0 Å². The summed E-state index contributed by atoms with van der Waals surface area (Å²) >= 11 is 0. The summed E-state index contributed by atoms with van der Waals surface area (Å²) < 4.78 is 22.9. The largest absolute Gasteiger partial charge is 0.492 e. The number of ether oxygens (including phenoxy) is 4. The van der Waals surface area contributed by atoms with E-state index in [0.717, 1.165) is 5.56 Å². The molecule has 0 saturated heterocycles. The van der Waals surface area contributed by atoms with Crippen LogP contribution in [0.2, 0.25) is 0 Å². The van der Waals surface area contributed by atoms with Crippen LogP contribution in [0.25, 0.3) is 5.57 Å². The van der Waals surface area contributed by atoms with E-state index in [9.17, 15) is 9.90 Å². The van der Waals surface area contributed by atoms with Crippen molar-refractivity contribution in [3.63, 3.8) is 0 Å². The van der Waals surface area contributed by atoms with Gasteiger partial charge in [0.05, 0.1) is 24.4 Å². The molecule has 9 heteroatoms. The molecule has 0 amide bonds. The minimum atomic E-state index is -1.06. The van der Waals surface area contributed by atoms with Crippen LogP contribution < -0.4 is 25.7 Å². The number of hydrogen-bond acceptors (Lipinski definition) is 7. The highest BCUT2D eigenvalue weighted by atomic mass is 16.6. The van der Waals surface area contributed by atoms with Crippen molar-refractivity contribution in [2.24, 2.45) is 16.5 Å². The maximum Gasteiger partial charge on any atom is 0.374 e. The Balaban J connectivity index is 1.94. The third kappa shape index (κ3) is 4.93. The van der Waals surface area contributed by atoms with Gasteiger partial charge < -0.3 is 35.5 Å². The standard InChI is InChI=1S/C22H29N3O6/c1-5-28-20(26)16-9-12(2)18-15(30-16)11-14-13(10-17(31-14)22(3,4)27)19(18)29-8-6-7-25-21(23)24/h9,11,17,27H,2,5-8,10H2,1,3-4H3,(H4,23,24,25). The number of nitrogens with zero attached hydrogens (tertiary/aromatic N) is 1. The Labute approximate surface area is 181 Å². The monoisotopic (exact) mass is 431 g/mol. The molecule has 0 aliphatic carbocycles. The summed E-state index contributed by atoms with van der Waals surface area (Å²) in [6, 6.07) is 1.69. The van der Waals surface area contributed by atoms with Crippen LogP contribution in [-0.2, 0) is 16.0 Å². The molecule has 5 N–H and O–H groups in total. The number of carbonyl (C=O) groups excluding carboxylic acids is 1. The van der Waals surface area contributed by atoms with Crippen molar-refractivity contribution in [2.45, 2.75) is 45.3 Å². The van der Waals surface area contributed by atoms with Gasteiger partial charge in [-0.1, -0.05) is 6.58 Å². The average molecular weight is 431 g/mol. The molecule has 2 aliphatic heterocycles. The lowest BCUT2D eigenvalue weighted by molar-refractivity contribution is -0.141. The van der Waals surface area contributed by atoms with Crippen molar-refractivity contribution in [1.29, 1.82) is 0 Å². The molecular formula is C22H29N3O6. The van der Waals surface area contributed by atoms with Gasteiger partial charge in [0.2, 0.25) is 5.76 Å². The van der Waals surface area contributed by atoms with Crippen LogP contribution in [0.1, 0.15) is 38.3 Å². The Morgan fingerprint density at radius 2 is 2.13 bits per heavy atom. The molecule has 1 aromatic rings. The topological polar surface area (TPSA) is 139 Å². The number of guanidine groups is 1. The van der Waals surface area contributed by atoms with E-state index < -0.39 is 17.7 Å². The van der Waals surface area contributed by atoms with Crippen LogP contribution in [0.4, 0.5) is 0 Å². The lowest BCUT2D eigenvalue weighted by Crippen LogP contribution is -2.39. The van der Waals surface area contributed by atoms with Gasteiger partial charge in [0, 0.05) is 31.0 Å². The lowest BCUT2D eigenvalue weighted by Gasteiger charge is -2.24. The van der Waals surface area contributed by atoms with Gasteiger partial charge in [0.1, 0.15) is 23.4 Å². The molecule has 2 heterocycles. The van der Waals surface area contributed by atoms with Crippen LogP contribution in [0, 0.1) is 0 Å². The van der Waals surface area contributed by atoms with Crippen molar-refractivity contribution >= 4 is 17.5 Å². The molecule has 0 saturated carbocycles. The van der Waals surface area contributed by atoms with Gasteiger partial charge >= 0.3 is 5.97 Å². The van der Waals surface area contributed by atoms with Crippen LogP contribution in [0.3, 0.4) is 0 Å². The summed E-state index contributed by atoms with van der Waals surface area (Å²) in [7, 11) is 0. The highest BCUT2D eigenvalue weighted by Crippen LogP contribution is 2.49. The maximum atomic E-state index is 12.2. The molecule has 9 nitrogen and oxygen atoms in total. The summed E-state index contributed by atoms with van der Waals surface area (Å²) in [5.74, 6) is 0.943. The predicted octanol–water partition coefficient (Wildman–Crippen LogP) is 1.66. The molecule has 0 spiro atoms. The first-order valence-electron chi connectivity index (χ1n) is 10.1. The van der Waals surface area contributed by atoms with E-state index in [1.165, 1.54) is 6.08 Å². The molecule has 1 aromatic carbocycles. The number of benzene rings is 1. The van der Waals surface area contributed by atoms with E-state index in [0.29, 0.717) is 54.4 Å². The minimum absolute atomic E-state index is 0.0258. The number of nitrogens with two attached hydrogens (primary N) is 2. The van der Waals surface area contributed by atoms with Crippen molar-refractivity contribution in [1.82, 2.24) is 0 Å². The molecule has 0 bridgehead atoms. The Morgan fingerprint density at radius 3 is 2.77 bits per heavy atom. The predicted molar refractivity (Wildman–Crippen MR) is 116 cm³/mol. The first kappa shape index (κ1) is 22.5. The van der Waals surface area contributed by atoms with Gasteiger partial charge in [-0.25, -0.2) is 4.79 Å². The van der Waals surface area contributed by atoms with Crippen LogP contribution in [-0.4, -0.2) is 48.5 Å². The van der Waals surface area contributed by atoms with E-state index in [-0.39, 0.29) is 18.3 Å². The Hall–Kier alpha value is -3.20. The first-order valence-corrected chi connectivity index (χ1v) is 10.1. The SMILES string of the molecule is C=C1C=C(C(=O)OCC)Oc2cc3c(c(OCCCN=C(N)N)c21)CC(C(C)(C)O)O3. The zero-order chi connectivity index (χ0) is 22.8. The second-order valence-corrected chi connectivity index (χ2v) is 7.88. The fourth-order valence-corrected chi connectivity index (χ4v) is 3.40. The van der Waals surface area contributed by atoms with Crippen LogP contribution >= 0.6 is 0 Å². The van der Waals surface area contributed by atoms with E-state index in [4.69, 9.17) is 30.4 Å². The number of carbonyl (C=O) groups is 1. The first-order chi connectivity index (χ1) is 14.6. The number of aliphatic hydroxyl groups is 1. The highest BCUT2D eigenvalue weighted by Gasteiger charge is 2.39. The van der Waals surface area contributed by atoms with Gasteiger partial charge in [-0.15, -0.1) is 0 Å².